The van der Waals surface area contributed by atoms with Crippen LogP contribution >= 0.6 is 11.8 Å². The van der Waals surface area contributed by atoms with Crippen molar-refractivity contribution in [1.82, 2.24) is 4.57 Å². The maximum absolute atomic E-state index is 2.54. The fourth-order valence-electron chi connectivity index (χ4n) is 6.13. The van der Waals surface area contributed by atoms with Crippen molar-refractivity contribution >= 4 is 69.6 Å². The molecule has 4 aromatic carbocycles. The van der Waals surface area contributed by atoms with Crippen molar-refractivity contribution in [2.24, 2.45) is 0 Å². The van der Waals surface area contributed by atoms with Gasteiger partial charge in [-0.1, -0.05) is 0 Å². The molecule has 33 heavy (non-hydrogen) atoms. The van der Waals surface area contributed by atoms with Gasteiger partial charge in [0.1, 0.15) is 0 Å². The summed E-state index contributed by atoms with van der Waals surface area (Å²) in [4.78, 5) is 2.86. The summed E-state index contributed by atoms with van der Waals surface area (Å²) in [5.41, 5.74) is 10.3. The first kappa shape index (κ1) is 18.7. The fourth-order valence-corrected chi connectivity index (χ4v) is 9.94. The SMILES string of the molecule is c1ccc2c(c1)[Se]c1cccc3c1B2c1ccc(-n2c4c(c5ccccc52)CCC4)cc1S3. The molecule has 1 aromatic heterocycles. The molecular weight excluding hydrogens is 484 g/mol. The number of rotatable bonds is 1. The number of hydrogen-bond acceptors (Lipinski definition) is 1. The number of aryl methyl sites for hydroxylation is 1. The molecule has 0 N–H and O–H groups in total. The standard InChI is InChI=1S/C29H20BNSSe/c1-3-10-23-19(7-1)20-8-5-11-24(20)31(23)18-15-16-21-26(17-18)32-25-12-6-14-28-29(25)30(21)22-9-2-4-13-27(22)33-28/h1-4,6-7,9-10,12-17H,5,8,11H2. The Morgan fingerprint density at radius 1 is 0.758 bits per heavy atom. The van der Waals surface area contributed by atoms with E-state index in [2.05, 4.69) is 89.5 Å². The van der Waals surface area contributed by atoms with Crippen LogP contribution in [-0.4, -0.2) is 26.2 Å². The summed E-state index contributed by atoms with van der Waals surface area (Å²) in [6.45, 7) is 0.362. The summed E-state index contributed by atoms with van der Waals surface area (Å²) in [6.07, 6.45) is 3.66. The van der Waals surface area contributed by atoms with E-state index < -0.39 is 0 Å². The van der Waals surface area contributed by atoms with Crippen LogP contribution in [0.2, 0.25) is 0 Å². The van der Waals surface area contributed by atoms with Crippen LogP contribution in [0.4, 0.5) is 0 Å². The molecule has 5 aromatic rings. The predicted octanol–water partition coefficient (Wildman–Crippen LogP) is 3.07. The number of aromatic nitrogens is 1. The van der Waals surface area contributed by atoms with E-state index in [9.17, 15) is 0 Å². The number of para-hydroxylation sites is 1. The Bertz CT molecular complexity index is 1620. The van der Waals surface area contributed by atoms with Gasteiger partial charge >= 0.3 is 205 Å². The average Bonchev–Trinajstić information content (AvgIpc) is 3.44. The first-order valence-electron chi connectivity index (χ1n) is 11.7. The summed E-state index contributed by atoms with van der Waals surface area (Å²) in [6, 6.07) is 32.3. The topological polar surface area (TPSA) is 4.93 Å². The minimum atomic E-state index is 0.362. The zero-order chi connectivity index (χ0) is 21.5. The summed E-state index contributed by atoms with van der Waals surface area (Å²) in [7, 11) is 0. The molecule has 8 rings (SSSR count). The van der Waals surface area contributed by atoms with Gasteiger partial charge in [-0.25, -0.2) is 0 Å². The van der Waals surface area contributed by atoms with Gasteiger partial charge in [-0.3, -0.25) is 0 Å². The third-order valence-corrected chi connectivity index (χ3v) is 11.1. The molecule has 0 bridgehead atoms. The van der Waals surface area contributed by atoms with Gasteiger partial charge in [-0.15, -0.1) is 0 Å². The van der Waals surface area contributed by atoms with E-state index in [0.29, 0.717) is 21.7 Å². The number of benzene rings is 4. The van der Waals surface area contributed by atoms with Crippen LogP contribution in [0.3, 0.4) is 0 Å². The molecule has 2 aliphatic heterocycles. The van der Waals surface area contributed by atoms with Crippen molar-refractivity contribution in [3.63, 3.8) is 0 Å². The Labute approximate surface area is 204 Å². The molecule has 0 saturated heterocycles. The van der Waals surface area contributed by atoms with E-state index in [1.54, 1.807) is 15.5 Å². The molecule has 0 unspecified atom stereocenters. The first-order chi connectivity index (χ1) is 16.4. The van der Waals surface area contributed by atoms with Crippen LogP contribution in [0.1, 0.15) is 17.7 Å². The summed E-state index contributed by atoms with van der Waals surface area (Å²) < 4.78 is 5.64. The quantitative estimate of drug-likeness (QED) is 0.312. The molecule has 1 nitrogen and oxygen atoms in total. The summed E-state index contributed by atoms with van der Waals surface area (Å²) >= 11 is 2.36. The molecule has 4 heteroatoms. The number of hydrogen-bond donors (Lipinski definition) is 0. The monoisotopic (exact) mass is 505 g/mol. The van der Waals surface area contributed by atoms with E-state index in [1.165, 1.54) is 66.7 Å². The van der Waals surface area contributed by atoms with Crippen molar-refractivity contribution in [2.45, 2.75) is 29.1 Å². The first-order valence-corrected chi connectivity index (χ1v) is 14.2. The van der Waals surface area contributed by atoms with Crippen LogP contribution in [0.25, 0.3) is 16.6 Å². The molecule has 0 radical (unpaired) electrons. The van der Waals surface area contributed by atoms with Crippen molar-refractivity contribution in [3.8, 4) is 5.69 Å². The van der Waals surface area contributed by atoms with E-state index in [4.69, 9.17) is 0 Å². The molecule has 0 saturated carbocycles. The van der Waals surface area contributed by atoms with Crippen molar-refractivity contribution in [1.29, 1.82) is 0 Å². The van der Waals surface area contributed by atoms with Crippen molar-refractivity contribution < 1.29 is 0 Å². The predicted molar refractivity (Wildman–Crippen MR) is 142 cm³/mol. The molecule has 0 amide bonds. The van der Waals surface area contributed by atoms with Crippen LogP contribution < -0.4 is 25.3 Å². The molecule has 0 spiro atoms. The van der Waals surface area contributed by atoms with Gasteiger partial charge in [0.25, 0.3) is 0 Å². The Balaban J connectivity index is 1.36. The third-order valence-electron chi connectivity index (χ3n) is 7.48. The third kappa shape index (κ3) is 2.58. The molecule has 3 aliphatic rings. The molecule has 0 atom stereocenters. The zero-order valence-electron chi connectivity index (χ0n) is 18.0. The fraction of sp³-hybridized carbons (Fsp3) is 0.103. The van der Waals surface area contributed by atoms with Gasteiger partial charge in [0.2, 0.25) is 0 Å². The van der Waals surface area contributed by atoms with Gasteiger partial charge in [0.15, 0.2) is 0 Å². The van der Waals surface area contributed by atoms with Crippen LogP contribution in [-0.2, 0) is 12.8 Å². The second-order valence-corrected chi connectivity index (χ2v) is 12.6. The Morgan fingerprint density at radius 2 is 1.64 bits per heavy atom. The van der Waals surface area contributed by atoms with Gasteiger partial charge in [-0.05, 0) is 0 Å². The Morgan fingerprint density at radius 3 is 2.64 bits per heavy atom. The van der Waals surface area contributed by atoms with Gasteiger partial charge < -0.3 is 0 Å². The van der Waals surface area contributed by atoms with E-state index in [0.717, 1.165) is 0 Å². The van der Waals surface area contributed by atoms with E-state index >= 15 is 0 Å². The van der Waals surface area contributed by atoms with Crippen LogP contribution in [0.5, 0.6) is 0 Å². The zero-order valence-corrected chi connectivity index (χ0v) is 20.6. The normalized spacial score (nSPS) is 15.2. The Hall–Kier alpha value is -2.65. The molecule has 3 heterocycles. The number of nitrogens with zero attached hydrogens (tertiary/aromatic N) is 1. The minimum absolute atomic E-state index is 0.362. The Kier molecular flexibility index (Phi) is 3.94. The number of fused-ring (bicyclic) bond motifs is 7. The summed E-state index contributed by atoms with van der Waals surface area (Å²) in [5, 5.41) is 1.44. The second-order valence-electron chi connectivity index (χ2n) is 9.20. The molecule has 0 fully saturated rings. The summed E-state index contributed by atoms with van der Waals surface area (Å²) in [5.74, 6) is 0. The van der Waals surface area contributed by atoms with Crippen molar-refractivity contribution in [2.75, 3.05) is 0 Å². The maximum atomic E-state index is 2.54. The van der Waals surface area contributed by atoms with E-state index in [-0.39, 0.29) is 0 Å². The van der Waals surface area contributed by atoms with Gasteiger partial charge in [0.05, 0.1) is 0 Å². The molecule has 156 valence electrons. The van der Waals surface area contributed by atoms with Crippen LogP contribution in [0, 0.1) is 0 Å². The molecule has 1 aliphatic carbocycles. The van der Waals surface area contributed by atoms with Crippen molar-refractivity contribution in [3.05, 3.63) is 96.2 Å². The van der Waals surface area contributed by atoms with E-state index in [1.807, 2.05) is 11.8 Å². The molecular formula is C29H20BNSSe. The van der Waals surface area contributed by atoms with Gasteiger partial charge in [-0.2, -0.15) is 0 Å². The van der Waals surface area contributed by atoms with Gasteiger partial charge in [0, 0.05) is 0 Å². The average molecular weight is 504 g/mol. The van der Waals surface area contributed by atoms with Crippen LogP contribution in [0.15, 0.2) is 94.7 Å². The second kappa shape index (κ2) is 6.93.